The summed E-state index contributed by atoms with van der Waals surface area (Å²) in [5.74, 6) is 0.367. The number of aryl methyl sites for hydroxylation is 1. The van der Waals surface area contributed by atoms with Crippen LogP contribution in [0.2, 0.25) is 0 Å². The molecule has 2 rings (SSSR count). The predicted molar refractivity (Wildman–Crippen MR) is 59.8 cm³/mol. The predicted octanol–water partition coefficient (Wildman–Crippen LogP) is 0.168. The second kappa shape index (κ2) is 4.47. The van der Waals surface area contributed by atoms with Crippen LogP contribution in [0, 0.1) is 12.8 Å². The van der Waals surface area contributed by atoms with Gasteiger partial charge in [-0.2, -0.15) is 0 Å². The van der Waals surface area contributed by atoms with Crippen LogP contribution in [0.5, 0.6) is 0 Å². The van der Waals surface area contributed by atoms with Crippen molar-refractivity contribution in [2.75, 3.05) is 18.8 Å². The third-order valence-corrected chi connectivity index (χ3v) is 4.65. The Labute approximate surface area is 95.2 Å². The van der Waals surface area contributed by atoms with Gasteiger partial charge >= 0.3 is 0 Å². The van der Waals surface area contributed by atoms with Crippen LogP contribution in [-0.4, -0.2) is 37.2 Å². The fraction of sp³-hybridized carbons (Fsp3) is 0.600. The van der Waals surface area contributed by atoms with Gasteiger partial charge in [0.25, 0.3) is 0 Å². The molecular weight excluding hydrogens is 226 g/mol. The van der Waals surface area contributed by atoms with Crippen LogP contribution in [0.25, 0.3) is 0 Å². The standard InChI is InChI=1S/C10H15N3O2S/c1-8-10(13-5-4-12-8)16(14,15)7-9-2-3-11-6-9/h4-5,9,11H,2-3,6-7H2,1H3/t9-/m1/s1. The van der Waals surface area contributed by atoms with Crippen molar-refractivity contribution < 1.29 is 8.42 Å². The highest BCUT2D eigenvalue weighted by Crippen LogP contribution is 2.17. The number of sulfone groups is 1. The largest absolute Gasteiger partial charge is 0.316 e. The number of hydrogen-bond acceptors (Lipinski definition) is 5. The van der Waals surface area contributed by atoms with Gasteiger partial charge in [-0.25, -0.2) is 13.4 Å². The molecule has 1 saturated heterocycles. The second-order valence-electron chi connectivity index (χ2n) is 4.09. The molecule has 1 aliphatic heterocycles. The molecule has 6 heteroatoms. The van der Waals surface area contributed by atoms with Gasteiger partial charge in [0.15, 0.2) is 14.9 Å². The second-order valence-corrected chi connectivity index (χ2v) is 6.04. The van der Waals surface area contributed by atoms with Crippen molar-refractivity contribution in [3.05, 3.63) is 18.1 Å². The summed E-state index contributed by atoms with van der Waals surface area (Å²) < 4.78 is 24.2. The van der Waals surface area contributed by atoms with Gasteiger partial charge in [-0.3, -0.25) is 4.98 Å². The quantitative estimate of drug-likeness (QED) is 0.816. The molecular formula is C10H15N3O2S. The third-order valence-electron chi connectivity index (χ3n) is 2.75. The molecule has 88 valence electrons. The van der Waals surface area contributed by atoms with Gasteiger partial charge < -0.3 is 5.32 Å². The number of nitrogens with zero attached hydrogens (tertiary/aromatic N) is 2. The number of rotatable bonds is 3. The molecule has 0 amide bonds. The molecule has 1 aromatic heterocycles. The van der Waals surface area contributed by atoms with E-state index in [0.29, 0.717) is 5.69 Å². The normalized spacial score (nSPS) is 21.2. The lowest BCUT2D eigenvalue weighted by molar-refractivity contribution is 0.565. The molecule has 1 aliphatic rings. The molecule has 0 saturated carbocycles. The SMILES string of the molecule is Cc1nccnc1S(=O)(=O)C[C@@H]1CCNC1. The maximum Gasteiger partial charge on any atom is 0.197 e. The maximum absolute atomic E-state index is 12.1. The van der Waals surface area contributed by atoms with E-state index in [4.69, 9.17) is 0 Å². The summed E-state index contributed by atoms with van der Waals surface area (Å²) in [6.07, 6.45) is 3.84. The van der Waals surface area contributed by atoms with Crippen molar-refractivity contribution in [1.29, 1.82) is 0 Å². The van der Waals surface area contributed by atoms with Crippen LogP contribution in [0.15, 0.2) is 17.4 Å². The Balaban J connectivity index is 2.21. The molecule has 2 heterocycles. The summed E-state index contributed by atoms with van der Waals surface area (Å²) in [5.41, 5.74) is 0.480. The van der Waals surface area contributed by atoms with E-state index < -0.39 is 9.84 Å². The van der Waals surface area contributed by atoms with Crippen molar-refractivity contribution in [3.63, 3.8) is 0 Å². The molecule has 16 heavy (non-hydrogen) atoms. The molecule has 1 atom stereocenters. The van der Waals surface area contributed by atoms with E-state index in [1.807, 2.05) is 0 Å². The first-order chi connectivity index (χ1) is 7.59. The topological polar surface area (TPSA) is 72.0 Å². The Morgan fingerprint density at radius 3 is 2.81 bits per heavy atom. The Hall–Kier alpha value is -1.01. The molecule has 5 nitrogen and oxygen atoms in total. The molecule has 1 aromatic rings. The molecule has 0 bridgehead atoms. The number of aromatic nitrogens is 2. The van der Waals surface area contributed by atoms with E-state index in [2.05, 4.69) is 15.3 Å². The van der Waals surface area contributed by atoms with Crippen molar-refractivity contribution in [3.8, 4) is 0 Å². The lowest BCUT2D eigenvalue weighted by atomic mass is 10.2. The Kier molecular flexibility index (Phi) is 3.20. The van der Waals surface area contributed by atoms with E-state index in [1.54, 1.807) is 6.92 Å². The highest BCUT2D eigenvalue weighted by Gasteiger charge is 2.26. The first-order valence-electron chi connectivity index (χ1n) is 5.30. The smallest absolute Gasteiger partial charge is 0.197 e. The fourth-order valence-electron chi connectivity index (χ4n) is 1.95. The van der Waals surface area contributed by atoms with Crippen LogP contribution in [0.1, 0.15) is 12.1 Å². The van der Waals surface area contributed by atoms with E-state index in [1.165, 1.54) is 12.4 Å². The van der Waals surface area contributed by atoms with Crippen molar-refractivity contribution in [2.45, 2.75) is 18.4 Å². The summed E-state index contributed by atoms with van der Waals surface area (Å²) in [5, 5.41) is 3.29. The Morgan fingerprint density at radius 1 is 1.44 bits per heavy atom. The van der Waals surface area contributed by atoms with Gasteiger partial charge in [-0.15, -0.1) is 0 Å². The minimum absolute atomic E-state index is 0.127. The maximum atomic E-state index is 12.1. The van der Waals surface area contributed by atoms with Gasteiger partial charge in [0, 0.05) is 12.4 Å². The first-order valence-corrected chi connectivity index (χ1v) is 6.96. The van der Waals surface area contributed by atoms with Crippen LogP contribution in [0.3, 0.4) is 0 Å². The van der Waals surface area contributed by atoms with Gasteiger partial charge in [0.1, 0.15) is 0 Å². The molecule has 0 spiro atoms. The van der Waals surface area contributed by atoms with Crippen molar-refractivity contribution in [1.82, 2.24) is 15.3 Å². The van der Waals surface area contributed by atoms with E-state index in [0.717, 1.165) is 19.5 Å². The van der Waals surface area contributed by atoms with Gasteiger partial charge in [0.05, 0.1) is 11.4 Å². The van der Waals surface area contributed by atoms with Crippen molar-refractivity contribution in [2.24, 2.45) is 5.92 Å². The average Bonchev–Trinajstić information content (AvgIpc) is 2.70. The zero-order valence-corrected chi connectivity index (χ0v) is 10.00. The lowest BCUT2D eigenvalue weighted by Crippen LogP contribution is -2.20. The van der Waals surface area contributed by atoms with Crippen LogP contribution < -0.4 is 5.32 Å². The van der Waals surface area contributed by atoms with Crippen LogP contribution in [0.4, 0.5) is 0 Å². The van der Waals surface area contributed by atoms with Crippen LogP contribution >= 0.6 is 0 Å². The summed E-state index contributed by atoms with van der Waals surface area (Å²) >= 11 is 0. The fourth-order valence-corrected chi connectivity index (χ4v) is 3.73. The molecule has 0 radical (unpaired) electrons. The minimum Gasteiger partial charge on any atom is -0.316 e. The molecule has 1 N–H and O–H groups in total. The third kappa shape index (κ3) is 2.38. The zero-order chi connectivity index (χ0) is 11.6. The zero-order valence-electron chi connectivity index (χ0n) is 9.18. The minimum atomic E-state index is -3.29. The Morgan fingerprint density at radius 2 is 2.19 bits per heavy atom. The number of nitrogens with one attached hydrogen (secondary N) is 1. The molecule has 0 aromatic carbocycles. The first kappa shape index (κ1) is 11.5. The summed E-state index contributed by atoms with van der Waals surface area (Å²) in [6, 6.07) is 0. The monoisotopic (exact) mass is 241 g/mol. The van der Waals surface area contributed by atoms with E-state index in [-0.39, 0.29) is 16.7 Å². The van der Waals surface area contributed by atoms with Gasteiger partial charge in [-0.1, -0.05) is 0 Å². The lowest BCUT2D eigenvalue weighted by Gasteiger charge is -2.09. The summed E-state index contributed by atoms with van der Waals surface area (Å²) in [6.45, 7) is 3.35. The molecule has 0 aliphatic carbocycles. The highest BCUT2D eigenvalue weighted by molar-refractivity contribution is 7.91. The molecule has 0 unspecified atom stereocenters. The average molecular weight is 241 g/mol. The van der Waals surface area contributed by atoms with Crippen molar-refractivity contribution >= 4 is 9.84 Å². The van der Waals surface area contributed by atoms with E-state index in [9.17, 15) is 8.42 Å². The Bertz CT molecular complexity index is 467. The van der Waals surface area contributed by atoms with Gasteiger partial charge in [-0.05, 0) is 32.4 Å². The highest BCUT2D eigenvalue weighted by atomic mass is 32.2. The van der Waals surface area contributed by atoms with E-state index >= 15 is 0 Å². The summed E-state index contributed by atoms with van der Waals surface area (Å²) in [4.78, 5) is 7.88. The van der Waals surface area contributed by atoms with Crippen LogP contribution in [-0.2, 0) is 9.84 Å². The molecule has 1 fully saturated rings. The summed E-state index contributed by atoms with van der Waals surface area (Å²) in [7, 11) is -3.29. The number of hydrogen-bond donors (Lipinski definition) is 1. The van der Waals surface area contributed by atoms with Gasteiger partial charge in [0.2, 0.25) is 0 Å².